The molecule has 0 saturated carbocycles. The van der Waals surface area contributed by atoms with Crippen molar-refractivity contribution in [3.8, 4) is 16.9 Å². The van der Waals surface area contributed by atoms with Crippen LogP contribution in [-0.4, -0.2) is 49.7 Å². The molecule has 0 saturated heterocycles. The summed E-state index contributed by atoms with van der Waals surface area (Å²) in [5.41, 5.74) is -0.214. The van der Waals surface area contributed by atoms with Gasteiger partial charge in [0.15, 0.2) is 0 Å². The van der Waals surface area contributed by atoms with Crippen LogP contribution in [0.2, 0.25) is 9.36 Å². The minimum atomic E-state index is -4.49. The largest absolute Gasteiger partial charge is 0.495 e. The number of aryl methyl sites for hydroxylation is 1. The van der Waals surface area contributed by atoms with Gasteiger partial charge in [-0.1, -0.05) is 35.3 Å². The maximum atomic E-state index is 13.2. The van der Waals surface area contributed by atoms with Crippen LogP contribution in [0.1, 0.15) is 9.67 Å². The fourth-order valence-corrected chi connectivity index (χ4v) is 5.76. The lowest BCUT2D eigenvalue weighted by Gasteiger charge is -2.18. The Balaban J connectivity index is 1.93. The van der Waals surface area contributed by atoms with Gasteiger partial charge in [-0.25, -0.2) is 8.42 Å². The Hall–Kier alpha value is -2.90. The third-order valence-electron chi connectivity index (χ3n) is 4.77. The van der Waals surface area contributed by atoms with Gasteiger partial charge in [-0.05, 0) is 24.3 Å². The second-order valence-electron chi connectivity index (χ2n) is 7.15. The number of benzene rings is 1. The second-order valence-corrected chi connectivity index (χ2v) is 11.0. The lowest BCUT2D eigenvalue weighted by molar-refractivity contribution is -0.138. The molecule has 0 bridgehead atoms. The number of aliphatic carboxylic acids is 1. The molecule has 0 aliphatic carbocycles. The predicted molar refractivity (Wildman–Crippen MR) is 132 cm³/mol. The number of aromatic nitrogens is 1. The number of carbonyl (C=O) groups excluding carboxylic acids is 1. The molecular weight excluding hydrogens is 541 g/mol. The number of carboxylic acid groups (broad SMARTS) is 1. The van der Waals surface area contributed by atoms with Crippen LogP contribution >= 0.6 is 34.5 Å². The third kappa shape index (κ3) is 6.03. The Labute approximate surface area is 214 Å². The quantitative estimate of drug-likeness (QED) is 0.365. The number of ether oxygens (including phenoxy) is 1. The van der Waals surface area contributed by atoms with Crippen LogP contribution < -0.4 is 20.3 Å². The lowest BCUT2D eigenvalue weighted by Crippen LogP contribution is -2.48. The summed E-state index contributed by atoms with van der Waals surface area (Å²) in [6.07, 6.45) is 1.40. The van der Waals surface area contributed by atoms with Gasteiger partial charge in [0.25, 0.3) is 11.5 Å². The van der Waals surface area contributed by atoms with E-state index >= 15 is 0 Å². The van der Waals surface area contributed by atoms with Crippen molar-refractivity contribution in [1.82, 2.24) is 14.6 Å². The van der Waals surface area contributed by atoms with E-state index in [4.69, 9.17) is 27.9 Å². The van der Waals surface area contributed by atoms with Gasteiger partial charge in [0.1, 0.15) is 16.7 Å². The molecule has 0 fully saturated rings. The fraction of sp³-hybridized carbons (Fsp3) is 0.190. The normalized spacial score (nSPS) is 12.2. The molecule has 0 aliphatic rings. The first-order valence-corrected chi connectivity index (χ1v) is 12.8. The van der Waals surface area contributed by atoms with E-state index in [2.05, 4.69) is 10.0 Å². The smallest absolute Gasteiger partial charge is 0.323 e. The van der Waals surface area contributed by atoms with E-state index in [1.54, 1.807) is 0 Å². The molecule has 1 atom stereocenters. The van der Waals surface area contributed by atoms with Crippen molar-refractivity contribution in [2.75, 3.05) is 13.7 Å². The molecule has 0 spiro atoms. The summed E-state index contributed by atoms with van der Waals surface area (Å²) in [7, 11) is -1.78. The maximum absolute atomic E-state index is 13.2. The van der Waals surface area contributed by atoms with Gasteiger partial charge in [-0.2, -0.15) is 4.72 Å². The van der Waals surface area contributed by atoms with Crippen LogP contribution in [0.3, 0.4) is 0 Å². The van der Waals surface area contributed by atoms with Crippen molar-refractivity contribution in [3.05, 3.63) is 67.2 Å². The summed E-state index contributed by atoms with van der Waals surface area (Å²) in [6.45, 7) is -0.542. The van der Waals surface area contributed by atoms with E-state index < -0.39 is 44.9 Å². The van der Waals surface area contributed by atoms with Crippen molar-refractivity contribution >= 4 is 56.4 Å². The maximum Gasteiger partial charge on any atom is 0.323 e. The number of rotatable bonds is 9. The van der Waals surface area contributed by atoms with Gasteiger partial charge in [-0.15, -0.1) is 11.3 Å². The molecule has 3 rings (SSSR count). The van der Waals surface area contributed by atoms with Crippen LogP contribution in [0.25, 0.3) is 11.1 Å². The highest BCUT2D eigenvalue weighted by Crippen LogP contribution is 2.35. The Kier molecular flexibility index (Phi) is 8.23. The zero-order valence-corrected chi connectivity index (χ0v) is 21.4. The number of hydrogen-bond acceptors (Lipinski definition) is 7. The number of sulfonamides is 1. The number of thiophene rings is 1. The molecule has 1 aromatic carbocycles. The van der Waals surface area contributed by atoms with Crippen LogP contribution in [0.5, 0.6) is 5.75 Å². The van der Waals surface area contributed by atoms with Crippen LogP contribution in [0, 0.1) is 0 Å². The Morgan fingerprint density at radius 2 is 1.91 bits per heavy atom. The van der Waals surface area contributed by atoms with E-state index in [1.807, 2.05) is 0 Å². The molecule has 2 aromatic heterocycles. The van der Waals surface area contributed by atoms with Gasteiger partial charge >= 0.3 is 5.97 Å². The number of halogens is 2. The molecule has 1 amide bonds. The van der Waals surface area contributed by atoms with E-state index in [0.717, 1.165) is 11.3 Å². The van der Waals surface area contributed by atoms with Gasteiger partial charge < -0.3 is 19.7 Å². The number of pyridine rings is 1. The summed E-state index contributed by atoms with van der Waals surface area (Å²) in [5.74, 6) is -2.30. The first-order valence-electron chi connectivity index (χ1n) is 9.77. The molecule has 0 aliphatic heterocycles. The first-order chi connectivity index (χ1) is 16.4. The first kappa shape index (κ1) is 26.7. The number of para-hydroxylation sites is 1. The second kappa shape index (κ2) is 10.8. The summed E-state index contributed by atoms with van der Waals surface area (Å²) < 4.78 is 35.3. The number of carbonyl (C=O) groups is 2. The van der Waals surface area contributed by atoms with E-state index in [-0.39, 0.29) is 26.8 Å². The topological polar surface area (TPSA) is 144 Å². The van der Waals surface area contributed by atoms with E-state index in [0.29, 0.717) is 4.34 Å². The average molecular weight is 560 g/mol. The summed E-state index contributed by atoms with van der Waals surface area (Å²) in [4.78, 5) is 36.4. The molecule has 14 heteroatoms. The van der Waals surface area contributed by atoms with Gasteiger partial charge in [-0.3, -0.25) is 14.4 Å². The van der Waals surface area contributed by atoms with Crippen molar-refractivity contribution in [2.24, 2.45) is 7.05 Å². The number of nitrogens with one attached hydrogen (secondary N) is 2. The molecule has 3 N–H and O–H groups in total. The molecule has 186 valence electrons. The Bertz CT molecular complexity index is 1450. The number of hydrogen-bond donors (Lipinski definition) is 3. The van der Waals surface area contributed by atoms with E-state index in [9.17, 15) is 27.9 Å². The number of carboxylic acids is 1. The zero-order valence-electron chi connectivity index (χ0n) is 18.2. The third-order valence-corrected chi connectivity index (χ3v) is 7.70. The molecular formula is C21H19Cl2N3O7S2. The number of nitrogens with zero attached hydrogens (tertiary/aromatic N) is 1. The van der Waals surface area contributed by atoms with Crippen molar-refractivity contribution < 1.29 is 27.9 Å². The molecule has 3 aromatic rings. The summed E-state index contributed by atoms with van der Waals surface area (Å²) >= 11 is 12.9. The number of methoxy groups -OCH3 is 1. The van der Waals surface area contributed by atoms with Crippen LogP contribution in [0.4, 0.5) is 0 Å². The van der Waals surface area contributed by atoms with Crippen LogP contribution in [0.15, 0.2) is 52.3 Å². The van der Waals surface area contributed by atoms with Crippen molar-refractivity contribution in [1.29, 1.82) is 0 Å². The molecule has 10 nitrogen and oxygen atoms in total. The van der Waals surface area contributed by atoms with Gasteiger partial charge in [0.05, 0.1) is 26.9 Å². The SMILES string of the molecule is COc1c(-c2cc(Cl)cn(C)c2=O)cccc1S(=O)(=O)NC(CNC(=O)c1ccc(Cl)s1)C(=O)O. The van der Waals surface area contributed by atoms with Gasteiger partial charge in [0.2, 0.25) is 10.0 Å². The van der Waals surface area contributed by atoms with Crippen molar-refractivity contribution in [3.63, 3.8) is 0 Å². The monoisotopic (exact) mass is 559 g/mol. The standard InChI is InChI=1S/C21H19Cl2N3O7S2/c1-26-10-11(22)8-13(20(26)28)12-4-3-5-16(18(12)33-2)35(31,32)25-14(21(29)30)9-24-19(27)15-6-7-17(23)34-15/h3-8,10,14,25H,9H2,1-2H3,(H,24,27)(H,29,30). The minimum Gasteiger partial charge on any atom is -0.495 e. The van der Waals surface area contributed by atoms with Gasteiger partial charge in [0, 0.05) is 25.4 Å². The molecule has 0 radical (unpaired) electrons. The Morgan fingerprint density at radius 1 is 1.20 bits per heavy atom. The zero-order chi connectivity index (χ0) is 25.9. The molecule has 1 unspecified atom stereocenters. The predicted octanol–water partition coefficient (Wildman–Crippen LogP) is 2.59. The highest BCUT2D eigenvalue weighted by molar-refractivity contribution is 7.89. The molecule has 2 heterocycles. The lowest BCUT2D eigenvalue weighted by atomic mass is 10.1. The van der Waals surface area contributed by atoms with Crippen LogP contribution in [-0.2, 0) is 21.9 Å². The van der Waals surface area contributed by atoms with Crippen molar-refractivity contribution in [2.45, 2.75) is 10.9 Å². The minimum absolute atomic E-state index is 0.0885. The highest BCUT2D eigenvalue weighted by Gasteiger charge is 2.30. The summed E-state index contributed by atoms with van der Waals surface area (Å²) in [6, 6.07) is 6.69. The average Bonchev–Trinajstić information content (AvgIpc) is 3.24. The number of amides is 1. The van der Waals surface area contributed by atoms with E-state index in [1.165, 1.54) is 61.3 Å². The Morgan fingerprint density at radius 3 is 2.51 bits per heavy atom. The fourth-order valence-electron chi connectivity index (χ4n) is 3.16. The molecule has 35 heavy (non-hydrogen) atoms. The highest BCUT2D eigenvalue weighted by atomic mass is 35.5. The summed E-state index contributed by atoms with van der Waals surface area (Å²) in [5, 5.41) is 12.1.